The van der Waals surface area contributed by atoms with Gasteiger partial charge in [0.25, 0.3) is 5.91 Å². The Morgan fingerprint density at radius 3 is 2.69 bits per heavy atom. The molecular formula is C22H23ClN2O4. The molecule has 7 heteroatoms. The molecule has 1 aliphatic rings. The van der Waals surface area contributed by atoms with Gasteiger partial charge < -0.3 is 15.0 Å². The summed E-state index contributed by atoms with van der Waals surface area (Å²) in [5.41, 5.74) is 2.41. The highest BCUT2D eigenvalue weighted by molar-refractivity contribution is 6.31. The highest BCUT2D eigenvalue weighted by atomic mass is 35.5. The van der Waals surface area contributed by atoms with Crippen LogP contribution in [0.5, 0.6) is 0 Å². The molecule has 29 heavy (non-hydrogen) atoms. The lowest BCUT2D eigenvalue weighted by atomic mass is 10.1. The number of rotatable bonds is 6. The van der Waals surface area contributed by atoms with Crippen LogP contribution in [0.1, 0.15) is 24.5 Å². The Morgan fingerprint density at radius 2 is 1.97 bits per heavy atom. The molecule has 1 saturated heterocycles. The van der Waals surface area contributed by atoms with Crippen LogP contribution in [0.3, 0.4) is 0 Å². The number of hydrogen-bond donors (Lipinski definition) is 1. The minimum Gasteiger partial charge on any atom is -0.452 e. The topological polar surface area (TPSA) is 75.7 Å². The van der Waals surface area contributed by atoms with Crippen LogP contribution in [-0.4, -0.2) is 35.3 Å². The average molecular weight is 415 g/mol. The molecule has 1 heterocycles. The van der Waals surface area contributed by atoms with Gasteiger partial charge in [0.1, 0.15) is 0 Å². The third kappa shape index (κ3) is 5.35. The van der Waals surface area contributed by atoms with Crippen LogP contribution in [0.25, 0.3) is 0 Å². The number of amides is 2. The monoisotopic (exact) mass is 414 g/mol. The van der Waals surface area contributed by atoms with Crippen molar-refractivity contribution in [1.82, 2.24) is 4.90 Å². The number of ether oxygens (including phenoxy) is 1. The normalized spacial score (nSPS) is 17.1. The fraction of sp³-hybridized carbons (Fsp3) is 0.318. The van der Waals surface area contributed by atoms with Crippen molar-refractivity contribution >= 4 is 35.1 Å². The Morgan fingerprint density at radius 1 is 1.24 bits per heavy atom. The van der Waals surface area contributed by atoms with Crippen LogP contribution in [-0.2, 0) is 25.7 Å². The van der Waals surface area contributed by atoms with Crippen molar-refractivity contribution in [3.63, 3.8) is 0 Å². The van der Waals surface area contributed by atoms with Crippen molar-refractivity contribution in [1.29, 1.82) is 0 Å². The summed E-state index contributed by atoms with van der Waals surface area (Å²) in [6.07, 6.45) is -0.896. The van der Waals surface area contributed by atoms with Gasteiger partial charge in [-0.05, 0) is 37.1 Å². The summed E-state index contributed by atoms with van der Waals surface area (Å²) in [7, 11) is 0. The number of likely N-dealkylation sites (tertiary alicyclic amines) is 1. The maximum absolute atomic E-state index is 12.5. The molecule has 2 atom stereocenters. The summed E-state index contributed by atoms with van der Waals surface area (Å²) in [4.78, 5) is 38.8. The molecule has 1 N–H and O–H groups in total. The number of hydrogen-bond acceptors (Lipinski definition) is 4. The number of carbonyl (C=O) groups is 3. The van der Waals surface area contributed by atoms with Gasteiger partial charge in [0.15, 0.2) is 6.10 Å². The van der Waals surface area contributed by atoms with Gasteiger partial charge >= 0.3 is 5.97 Å². The summed E-state index contributed by atoms with van der Waals surface area (Å²) in [6, 6.07) is 14.8. The number of esters is 1. The van der Waals surface area contributed by atoms with Crippen molar-refractivity contribution < 1.29 is 19.1 Å². The highest BCUT2D eigenvalue weighted by Crippen LogP contribution is 2.23. The fourth-order valence-corrected chi connectivity index (χ4v) is 3.35. The van der Waals surface area contributed by atoms with E-state index in [0.717, 1.165) is 11.1 Å². The molecule has 0 aromatic heterocycles. The summed E-state index contributed by atoms with van der Waals surface area (Å²) in [5, 5.41) is 3.22. The third-order valence-corrected chi connectivity index (χ3v) is 5.12. The largest absolute Gasteiger partial charge is 0.452 e. The van der Waals surface area contributed by atoms with Crippen LogP contribution in [0.15, 0.2) is 48.5 Å². The average Bonchev–Trinajstić information content (AvgIpc) is 3.06. The van der Waals surface area contributed by atoms with E-state index in [4.69, 9.17) is 16.3 Å². The van der Waals surface area contributed by atoms with Gasteiger partial charge in [0.2, 0.25) is 5.91 Å². The smallest absolute Gasteiger partial charge is 0.312 e. The number of aryl methyl sites for hydroxylation is 1. The Kier molecular flexibility index (Phi) is 6.54. The second kappa shape index (κ2) is 9.09. The standard InChI is InChI=1S/C22H23ClN2O4/c1-14-8-9-18(23)11-19(14)24-21(27)15(2)29-22(28)17-10-20(26)25(13-17)12-16-6-4-3-5-7-16/h3-9,11,15,17H,10,12-13H2,1-2H3,(H,24,27)/t15-,17+/m0/s1. The van der Waals surface area contributed by atoms with Crippen LogP contribution in [0.4, 0.5) is 5.69 Å². The van der Waals surface area contributed by atoms with Gasteiger partial charge in [0, 0.05) is 30.2 Å². The van der Waals surface area contributed by atoms with Crippen molar-refractivity contribution in [2.45, 2.75) is 32.9 Å². The molecule has 0 bridgehead atoms. The number of nitrogens with zero attached hydrogens (tertiary/aromatic N) is 1. The van der Waals surface area contributed by atoms with E-state index in [0.29, 0.717) is 17.3 Å². The quantitative estimate of drug-likeness (QED) is 0.733. The van der Waals surface area contributed by atoms with Crippen LogP contribution in [0.2, 0.25) is 5.02 Å². The molecule has 2 aromatic rings. The lowest BCUT2D eigenvalue weighted by Gasteiger charge is -2.18. The van der Waals surface area contributed by atoms with E-state index in [9.17, 15) is 14.4 Å². The summed E-state index contributed by atoms with van der Waals surface area (Å²) in [5.74, 6) is -1.66. The van der Waals surface area contributed by atoms with E-state index in [1.54, 1.807) is 23.1 Å². The van der Waals surface area contributed by atoms with Crippen LogP contribution >= 0.6 is 11.6 Å². The molecule has 2 amide bonds. The predicted molar refractivity (Wildman–Crippen MR) is 110 cm³/mol. The lowest BCUT2D eigenvalue weighted by molar-refractivity contribution is -0.157. The van der Waals surface area contributed by atoms with Crippen LogP contribution in [0, 0.1) is 12.8 Å². The van der Waals surface area contributed by atoms with Crippen molar-refractivity contribution in [3.05, 3.63) is 64.7 Å². The third-order valence-electron chi connectivity index (χ3n) is 4.88. The first-order chi connectivity index (χ1) is 13.8. The Balaban J connectivity index is 1.54. The Labute approximate surface area is 174 Å². The molecule has 6 nitrogen and oxygen atoms in total. The number of nitrogens with one attached hydrogen (secondary N) is 1. The van der Waals surface area contributed by atoms with E-state index in [2.05, 4.69) is 5.32 Å². The Bertz CT molecular complexity index is 916. The fourth-order valence-electron chi connectivity index (χ4n) is 3.17. The van der Waals surface area contributed by atoms with E-state index in [-0.39, 0.29) is 18.9 Å². The summed E-state index contributed by atoms with van der Waals surface area (Å²) < 4.78 is 5.32. The minimum atomic E-state index is -0.987. The zero-order valence-corrected chi connectivity index (χ0v) is 17.1. The molecule has 0 aliphatic carbocycles. The second-order valence-electron chi connectivity index (χ2n) is 7.19. The first-order valence-electron chi connectivity index (χ1n) is 9.42. The highest BCUT2D eigenvalue weighted by Gasteiger charge is 2.36. The first-order valence-corrected chi connectivity index (χ1v) is 9.80. The van der Waals surface area contributed by atoms with Gasteiger partial charge in [-0.25, -0.2) is 0 Å². The second-order valence-corrected chi connectivity index (χ2v) is 7.62. The number of benzene rings is 2. The maximum atomic E-state index is 12.5. The molecule has 0 spiro atoms. The molecule has 1 aliphatic heterocycles. The van der Waals surface area contributed by atoms with Gasteiger partial charge in [-0.3, -0.25) is 14.4 Å². The first kappa shape index (κ1) is 20.9. The van der Waals surface area contributed by atoms with Crippen molar-refractivity contribution in [2.24, 2.45) is 5.92 Å². The van der Waals surface area contributed by atoms with Gasteiger partial charge in [-0.1, -0.05) is 48.0 Å². The molecule has 152 valence electrons. The minimum absolute atomic E-state index is 0.0907. The van der Waals surface area contributed by atoms with E-state index in [1.807, 2.05) is 37.3 Å². The van der Waals surface area contributed by atoms with Gasteiger partial charge in [0.05, 0.1) is 5.92 Å². The Hall–Kier alpha value is -2.86. The zero-order chi connectivity index (χ0) is 21.0. The SMILES string of the molecule is Cc1ccc(Cl)cc1NC(=O)[C@H](C)OC(=O)[C@@H]1CC(=O)N(Cc2ccccc2)C1. The van der Waals surface area contributed by atoms with Crippen LogP contribution < -0.4 is 5.32 Å². The number of carbonyl (C=O) groups excluding carboxylic acids is 3. The molecule has 0 radical (unpaired) electrons. The molecule has 2 aromatic carbocycles. The zero-order valence-electron chi connectivity index (χ0n) is 16.4. The van der Waals surface area contributed by atoms with Crippen molar-refractivity contribution in [2.75, 3.05) is 11.9 Å². The molecule has 1 fully saturated rings. The molecule has 3 rings (SSSR count). The number of halogens is 1. The molecule has 0 unspecified atom stereocenters. The summed E-state index contributed by atoms with van der Waals surface area (Å²) in [6.45, 7) is 4.08. The molecule has 0 saturated carbocycles. The number of anilines is 1. The lowest BCUT2D eigenvalue weighted by Crippen LogP contribution is -2.33. The van der Waals surface area contributed by atoms with E-state index < -0.39 is 23.9 Å². The molecular weight excluding hydrogens is 392 g/mol. The maximum Gasteiger partial charge on any atom is 0.312 e. The summed E-state index contributed by atoms with van der Waals surface area (Å²) >= 11 is 5.96. The van der Waals surface area contributed by atoms with E-state index in [1.165, 1.54) is 6.92 Å². The van der Waals surface area contributed by atoms with Crippen molar-refractivity contribution in [3.8, 4) is 0 Å². The van der Waals surface area contributed by atoms with Gasteiger partial charge in [-0.2, -0.15) is 0 Å². The predicted octanol–water partition coefficient (Wildman–Crippen LogP) is 3.57. The van der Waals surface area contributed by atoms with E-state index >= 15 is 0 Å². The van der Waals surface area contributed by atoms with Gasteiger partial charge in [-0.15, -0.1) is 0 Å².